The Bertz CT molecular complexity index is 342. The zero-order valence-electron chi connectivity index (χ0n) is 8.30. The van der Waals surface area contributed by atoms with Crippen LogP contribution in [-0.2, 0) is 0 Å². The number of hydrogen-bond acceptors (Lipinski definition) is 4. The minimum absolute atomic E-state index is 0.237. The molecular weight excluding hydrogens is 194 g/mol. The van der Waals surface area contributed by atoms with Gasteiger partial charge >= 0.3 is 0 Å². The fourth-order valence-electron chi connectivity index (χ4n) is 1.80. The third-order valence-corrected chi connectivity index (χ3v) is 2.55. The molecule has 1 saturated heterocycles. The van der Waals surface area contributed by atoms with Gasteiger partial charge in [0.05, 0.1) is 6.54 Å². The SMILES string of the molecule is O=[N+]([O-])C1CNCCN1c1ccccc1. The lowest BCUT2D eigenvalue weighted by Gasteiger charge is -2.31. The van der Waals surface area contributed by atoms with Crippen LogP contribution in [0.5, 0.6) is 0 Å². The second-order valence-corrected chi connectivity index (χ2v) is 3.50. The van der Waals surface area contributed by atoms with Crippen LogP contribution in [0.15, 0.2) is 30.3 Å². The van der Waals surface area contributed by atoms with E-state index in [1.165, 1.54) is 0 Å². The first kappa shape index (κ1) is 9.92. The van der Waals surface area contributed by atoms with E-state index in [0.29, 0.717) is 13.1 Å². The van der Waals surface area contributed by atoms with Crippen molar-refractivity contribution in [3.05, 3.63) is 40.4 Å². The van der Waals surface area contributed by atoms with E-state index in [2.05, 4.69) is 5.32 Å². The van der Waals surface area contributed by atoms with E-state index in [4.69, 9.17) is 0 Å². The Balaban J connectivity index is 2.22. The number of anilines is 1. The van der Waals surface area contributed by atoms with Crippen LogP contribution < -0.4 is 10.2 Å². The fourth-order valence-corrected chi connectivity index (χ4v) is 1.80. The highest BCUT2D eigenvalue weighted by Crippen LogP contribution is 2.17. The standard InChI is InChI=1S/C10H13N3O2/c14-13(15)10-8-11-6-7-12(10)9-4-2-1-3-5-9/h1-5,10-11H,6-8H2. The minimum atomic E-state index is -0.652. The van der Waals surface area contributed by atoms with Crippen LogP contribution in [0.25, 0.3) is 0 Å². The number of para-hydroxylation sites is 1. The van der Waals surface area contributed by atoms with E-state index in [1.54, 1.807) is 0 Å². The van der Waals surface area contributed by atoms with Crippen LogP contribution in [-0.4, -0.2) is 30.7 Å². The summed E-state index contributed by atoms with van der Waals surface area (Å²) < 4.78 is 0. The van der Waals surface area contributed by atoms with E-state index >= 15 is 0 Å². The zero-order valence-corrected chi connectivity index (χ0v) is 8.30. The Kier molecular flexibility index (Phi) is 2.82. The summed E-state index contributed by atoms with van der Waals surface area (Å²) in [4.78, 5) is 12.5. The topological polar surface area (TPSA) is 58.4 Å². The molecule has 1 unspecified atom stereocenters. The predicted octanol–water partition coefficient (Wildman–Crippen LogP) is 0.699. The highest BCUT2D eigenvalue weighted by atomic mass is 16.6. The Morgan fingerprint density at radius 1 is 1.40 bits per heavy atom. The molecule has 1 atom stereocenters. The van der Waals surface area contributed by atoms with Crippen molar-refractivity contribution >= 4 is 5.69 Å². The summed E-state index contributed by atoms with van der Waals surface area (Å²) >= 11 is 0. The normalized spacial score (nSPS) is 21.3. The van der Waals surface area contributed by atoms with Crippen LogP contribution in [0.4, 0.5) is 5.69 Å². The maximum absolute atomic E-state index is 10.9. The molecule has 1 heterocycles. The first-order chi connectivity index (χ1) is 7.29. The molecule has 0 spiro atoms. The Labute approximate surface area is 87.8 Å². The number of nitro groups is 1. The van der Waals surface area contributed by atoms with Crippen molar-refractivity contribution in [3.63, 3.8) is 0 Å². The molecule has 1 aromatic carbocycles. The summed E-state index contributed by atoms with van der Waals surface area (Å²) in [5.74, 6) is 0. The third-order valence-electron chi connectivity index (χ3n) is 2.55. The van der Waals surface area contributed by atoms with Gasteiger partial charge in [-0.3, -0.25) is 10.1 Å². The average molecular weight is 207 g/mol. The van der Waals surface area contributed by atoms with Crippen LogP contribution in [0, 0.1) is 10.1 Å². The molecule has 1 aliphatic heterocycles. The van der Waals surface area contributed by atoms with Crippen molar-refractivity contribution in [1.29, 1.82) is 0 Å². The highest BCUT2D eigenvalue weighted by Gasteiger charge is 2.31. The van der Waals surface area contributed by atoms with Gasteiger partial charge in [0.15, 0.2) is 0 Å². The van der Waals surface area contributed by atoms with Crippen molar-refractivity contribution in [1.82, 2.24) is 5.32 Å². The molecule has 0 amide bonds. The monoisotopic (exact) mass is 207 g/mol. The molecule has 5 heteroatoms. The molecule has 2 rings (SSSR count). The van der Waals surface area contributed by atoms with Crippen LogP contribution in [0.1, 0.15) is 0 Å². The largest absolute Gasteiger partial charge is 0.308 e. The van der Waals surface area contributed by atoms with E-state index in [9.17, 15) is 10.1 Å². The van der Waals surface area contributed by atoms with E-state index in [-0.39, 0.29) is 4.92 Å². The summed E-state index contributed by atoms with van der Waals surface area (Å²) in [5.41, 5.74) is 0.917. The number of nitrogens with one attached hydrogen (secondary N) is 1. The van der Waals surface area contributed by atoms with Crippen molar-refractivity contribution in [2.24, 2.45) is 0 Å². The van der Waals surface area contributed by atoms with Gasteiger partial charge in [0.25, 0.3) is 6.17 Å². The Morgan fingerprint density at radius 3 is 2.80 bits per heavy atom. The minimum Gasteiger partial charge on any atom is -0.308 e. The van der Waals surface area contributed by atoms with Gasteiger partial charge in [0.2, 0.25) is 0 Å². The lowest BCUT2D eigenvalue weighted by Crippen LogP contribution is -2.55. The number of rotatable bonds is 2. The second-order valence-electron chi connectivity index (χ2n) is 3.50. The summed E-state index contributed by atoms with van der Waals surface area (Å²) in [7, 11) is 0. The van der Waals surface area contributed by atoms with Gasteiger partial charge in [-0.15, -0.1) is 0 Å². The summed E-state index contributed by atoms with van der Waals surface area (Å²) in [6.45, 7) is 1.87. The third kappa shape index (κ3) is 2.07. The van der Waals surface area contributed by atoms with E-state index in [0.717, 1.165) is 12.2 Å². The summed E-state index contributed by atoms with van der Waals surface area (Å²) in [6.07, 6.45) is -0.652. The summed E-state index contributed by atoms with van der Waals surface area (Å²) in [5, 5.41) is 13.9. The second kappa shape index (κ2) is 4.27. The Morgan fingerprint density at radius 2 is 2.13 bits per heavy atom. The maximum Gasteiger partial charge on any atom is 0.299 e. The van der Waals surface area contributed by atoms with Crippen LogP contribution >= 0.6 is 0 Å². The predicted molar refractivity (Wildman–Crippen MR) is 57.4 cm³/mol. The van der Waals surface area contributed by atoms with Gasteiger partial charge < -0.3 is 10.2 Å². The first-order valence-corrected chi connectivity index (χ1v) is 4.95. The van der Waals surface area contributed by atoms with Crippen molar-refractivity contribution in [2.45, 2.75) is 6.17 Å². The van der Waals surface area contributed by atoms with Gasteiger partial charge in [0.1, 0.15) is 0 Å². The van der Waals surface area contributed by atoms with Gasteiger partial charge in [-0.05, 0) is 12.1 Å². The van der Waals surface area contributed by atoms with Crippen molar-refractivity contribution in [2.75, 3.05) is 24.5 Å². The number of piperazine rings is 1. The lowest BCUT2D eigenvalue weighted by atomic mass is 10.2. The van der Waals surface area contributed by atoms with Gasteiger partial charge in [-0.1, -0.05) is 18.2 Å². The molecule has 0 saturated carbocycles. The molecule has 80 valence electrons. The molecule has 0 bridgehead atoms. The maximum atomic E-state index is 10.9. The molecule has 0 aromatic heterocycles. The first-order valence-electron chi connectivity index (χ1n) is 4.95. The molecule has 0 radical (unpaired) electrons. The fraction of sp³-hybridized carbons (Fsp3) is 0.400. The molecule has 15 heavy (non-hydrogen) atoms. The van der Waals surface area contributed by atoms with Crippen molar-refractivity contribution < 1.29 is 4.92 Å². The van der Waals surface area contributed by atoms with Crippen molar-refractivity contribution in [3.8, 4) is 0 Å². The zero-order chi connectivity index (χ0) is 10.7. The molecule has 5 nitrogen and oxygen atoms in total. The number of benzene rings is 1. The lowest BCUT2D eigenvalue weighted by molar-refractivity contribution is -0.520. The van der Waals surface area contributed by atoms with E-state index in [1.807, 2.05) is 35.2 Å². The molecule has 1 aliphatic rings. The summed E-state index contributed by atoms with van der Waals surface area (Å²) in [6, 6.07) is 9.51. The van der Waals surface area contributed by atoms with E-state index < -0.39 is 6.17 Å². The van der Waals surface area contributed by atoms with Gasteiger partial charge in [-0.2, -0.15) is 0 Å². The van der Waals surface area contributed by atoms with Crippen LogP contribution in [0.2, 0.25) is 0 Å². The van der Waals surface area contributed by atoms with Crippen LogP contribution in [0.3, 0.4) is 0 Å². The molecule has 1 fully saturated rings. The average Bonchev–Trinajstić information content (AvgIpc) is 2.30. The number of hydrogen-bond donors (Lipinski definition) is 1. The quantitative estimate of drug-likeness (QED) is 0.573. The smallest absolute Gasteiger partial charge is 0.299 e. The molecule has 1 N–H and O–H groups in total. The van der Waals surface area contributed by atoms with Gasteiger partial charge in [0, 0.05) is 23.7 Å². The van der Waals surface area contributed by atoms with Gasteiger partial charge in [-0.25, -0.2) is 0 Å². The molecule has 0 aliphatic carbocycles. The Hall–Kier alpha value is -1.62. The molecular formula is C10H13N3O2. The number of nitrogens with zero attached hydrogens (tertiary/aromatic N) is 2. The molecule has 1 aromatic rings. The highest BCUT2D eigenvalue weighted by molar-refractivity contribution is 5.46.